The Morgan fingerprint density at radius 3 is 2.06 bits per heavy atom. The van der Waals surface area contributed by atoms with Gasteiger partial charge in [0.1, 0.15) is 23.0 Å². The van der Waals surface area contributed by atoms with Gasteiger partial charge < -0.3 is 29.3 Å². The predicted molar refractivity (Wildman–Crippen MR) is 136 cm³/mol. The molecule has 3 aromatic carbocycles. The average molecular weight is 487 g/mol. The summed E-state index contributed by atoms with van der Waals surface area (Å²) in [4.78, 5) is 25.4. The summed E-state index contributed by atoms with van der Waals surface area (Å²) in [5, 5.41) is 5.60. The highest BCUT2D eigenvalue weighted by Crippen LogP contribution is 2.36. The van der Waals surface area contributed by atoms with Gasteiger partial charge in [-0.3, -0.25) is 9.59 Å². The molecule has 0 saturated heterocycles. The summed E-state index contributed by atoms with van der Waals surface area (Å²) in [5.74, 6) is 1.74. The van der Waals surface area contributed by atoms with Gasteiger partial charge in [0.2, 0.25) is 0 Å². The quantitative estimate of drug-likeness (QED) is 0.329. The van der Waals surface area contributed by atoms with E-state index in [0.29, 0.717) is 46.4 Å². The number of anilines is 2. The predicted octanol–water partition coefficient (Wildman–Crippen LogP) is 5.40. The summed E-state index contributed by atoms with van der Waals surface area (Å²) in [6, 6.07) is 22.7. The Bertz CT molecular complexity index is 1340. The third kappa shape index (κ3) is 5.67. The molecule has 4 rings (SSSR count). The Morgan fingerprint density at radius 1 is 0.722 bits per heavy atom. The number of hydrogen-bond donors (Lipinski definition) is 2. The van der Waals surface area contributed by atoms with Crippen LogP contribution in [0.5, 0.6) is 17.2 Å². The van der Waals surface area contributed by atoms with E-state index in [2.05, 4.69) is 10.6 Å². The number of benzene rings is 3. The molecule has 0 saturated carbocycles. The van der Waals surface area contributed by atoms with Crippen molar-refractivity contribution in [3.8, 4) is 17.2 Å². The standard InChI is InChI=1S/C28H26N2O6/c1-33-22-16-25(34-2)23(26(17-22)35-3)15-21-12-13-24(36-21)28(32)30-20-11-7-8-18(14-20)27(31)29-19-9-5-4-6-10-19/h4-14,16-17H,15H2,1-3H3,(H,29,31)(H,30,32). The second kappa shape index (κ2) is 11.1. The zero-order valence-corrected chi connectivity index (χ0v) is 20.2. The fourth-order valence-electron chi connectivity index (χ4n) is 3.68. The number of para-hydroxylation sites is 1. The molecule has 184 valence electrons. The third-order valence-electron chi connectivity index (χ3n) is 5.47. The van der Waals surface area contributed by atoms with Gasteiger partial charge in [-0.05, 0) is 42.5 Å². The molecule has 4 aromatic rings. The Kier molecular flexibility index (Phi) is 7.55. The van der Waals surface area contributed by atoms with Crippen molar-refractivity contribution in [2.45, 2.75) is 6.42 Å². The maximum atomic E-state index is 12.8. The van der Waals surface area contributed by atoms with Crippen molar-refractivity contribution in [3.05, 3.63) is 102 Å². The van der Waals surface area contributed by atoms with Crippen molar-refractivity contribution in [2.75, 3.05) is 32.0 Å². The van der Waals surface area contributed by atoms with Crippen LogP contribution in [0.3, 0.4) is 0 Å². The van der Waals surface area contributed by atoms with E-state index in [1.54, 1.807) is 82.0 Å². The van der Waals surface area contributed by atoms with Gasteiger partial charge in [-0.25, -0.2) is 0 Å². The topological polar surface area (TPSA) is 99.0 Å². The molecular formula is C28H26N2O6. The number of methoxy groups -OCH3 is 3. The second-order valence-electron chi connectivity index (χ2n) is 7.81. The summed E-state index contributed by atoms with van der Waals surface area (Å²) >= 11 is 0. The van der Waals surface area contributed by atoms with E-state index >= 15 is 0 Å². The van der Waals surface area contributed by atoms with Crippen molar-refractivity contribution in [1.29, 1.82) is 0 Å². The van der Waals surface area contributed by atoms with Crippen molar-refractivity contribution in [3.63, 3.8) is 0 Å². The molecule has 8 heteroatoms. The van der Waals surface area contributed by atoms with E-state index in [1.807, 2.05) is 18.2 Å². The number of hydrogen-bond acceptors (Lipinski definition) is 6. The van der Waals surface area contributed by atoms with Crippen molar-refractivity contribution in [2.24, 2.45) is 0 Å². The van der Waals surface area contributed by atoms with Crippen LogP contribution in [0.2, 0.25) is 0 Å². The molecule has 2 N–H and O–H groups in total. The zero-order valence-electron chi connectivity index (χ0n) is 20.2. The van der Waals surface area contributed by atoms with Gasteiger partial charge in [0.05, 0.1) is 21.3 Å². The molecule has 0 aliphatic rings. The molecule has 0 unspecified atom stereocenters. The van der Waals surface area contributed by atoms with E-state index in [0.717, 1.165) is 5.56 Å². The number of rotatable bonds is 9. The van der Waals surface area contributed by atoms with Crippen molar-refractivity contribution in [1.82, 2.24) is 0 Å². The number of carbonyl (C=O) groups excluding carboxylic acids is 2. The summed E-state index contributed by atoms with van der Waals surface area (Å²) in [7, 11) is 4.69. The minimum absolute atomic E-state index is 0.135. The summed E-state index contributed by atoms with van der Waals surface area (Å²) < 4.78 is 22.1. The monoisotopic (exact) mass is 486 g/mol. The molecule has 0 bridgehead atoms. The molecule has 0 aliphatic heterocycles. The Balaban J connectivity index is 1.46. The number of ether oxygens (including phenoxy) is 3. The van der Waals surface area contributed by atoms with Gasteiger partial charge in [0, 0.05) is 41.1 Å². The molecule has 1 heterocycles. The van der Waals surface area contributed by atoms with Crippen LogP contribution in [0.4, 0.5) is 11.4 Å². The zero-order chi connectivity index (χ0) is 25.5. The molecular weight excluding hydrogens is 460 g/mol. The Labute approximate surface area is 208 Å². The van der Waals surface area contributed by atoms with Crippen LogP contribution < -0.4 is 24.8 Å². The largest absolute Gasteiger partial charge is 0.496 e. The molecule has 0 spiro atoms. The molecule has 1 aromatic heterocycles. The summed E-state index contributed by atoms with van der Waals surface area (Å²) in [6.45, 7) is 0. The van der Waals surface area contributed by atoms with E-state index < -0.39 is 5.91 Å². The van der Waals surface area contributed by atoms with E-state index in [9.17, 15) is 9.59 Å². The van der Waals surface area contributed by atoms with Gasteiger partial charge >= 0.3 is 0 Å². The lowest BCUT2D eigenvalue weighted by atomic mass is 10.1. The van der Waals surface area contributed by atoms with Gasteiger partial charge in [-0.1, -0.05) is 24.3 Å². The van der Waals surface area contributed by atoms with Crippen LogP contribution in [0.25, 0.3) is 0 Å². The number of amides is 2. The summed E-state index contributed by atoms with van der Waals surface area (Å²) in [6.07, 6.45) is 0.346. The lowest BCUT2D eigenvalue weighted by Crippen LogP contribution is -2.14. The smallest absolute Gasteiger partial charge is 0.291 e. The molecule has 36 heavy (non-hydrogen) atoms. The average Bonchev–Trinajstić information content (AvgIpc) is 3.38. The van der Waals surface area contributed by atoms with Crippen LogP contribution in [0.1, 0.15) is 32.2 Å². The maximum Gasteiger partial charge on any atom is 0.291 e. The fourth-order valence-corrected chi connectivity index (χ4v) is 3.68. The lowest BCUT2D eigenvalue weighted by molar-refractivity contribution is 0.0992. The SMILES string of the molecule is COc1cc(OC)c(Cc2ccc(C(=O)Nc3cccc(C(=O)Nc4ccccc4)c3)o2)c(OC)c1. The molecule has 0 fully saturated rings. The first kappa shape index (κ1) is 24.4. The summed E-state index contributed by atoms with van der Waals surface area (Å²) in [5.41, 5.74) is 2.33. The van der Waals surface area contributed by atoms with Crippen molar-refractivity contribution < 1.29 is 28.2 Å². The minimum atomic E-state index is -0.435. The van der Waals surface area contributed by atoms with Gasteiger partial charge in [-0.2, -0.15) is 0 Å². The molecule has 0 aliphatic carbocycles. The van der Waals surface area contributed by atoms with Crippen LogP contribution in [-0.2, 0) is 6.42 Å². The van der Waals surface area contributed by atoms with Gasteiger partial charge in [0.25, 0.3) is 11.8 Å². The first-order chi connectivity index (χ1) is 17.5. The maximum absolute atomic E-state index is 12.8. The number of furan rings is 1. The first-order valence-electron chi connectivity index (χ1n) is 11.2. The van der Waals surface area contributed by atoms with Crippen LogP contribution in [0, 0.1) is 0 Å². The van der Waals surface area contributed by atoms with Crippen LogP contribution in [0.15, 0.2) is 83.3 Å². The van der Waals surface area contributed by atoms with Crippen LogP contribution >= 0.6 is 0 Å². The molecule has 0 radical (unpaired) electrons. The Morgan fingerprint density at radius 2 is 1.39 bits per heavy atom. The van der Waals surface area contributed by atoms with E-state index in [-0.39, 0.29) is 11.7 Å². The second-order valence-corrected chi connectivity index (χ2v) is 7.81. The number of carbonyl (C=O) groups is 2. The van der Waals surface area contributed by atoms with Gasteiger partial charge in [0.15, 0.2) is 5.76 Å². The highest BCUT2D eigenvalue weighted by Gasteiger charge is 2.18. The van der Waals surface area contributed by atoms with Crippen LogP contribution in [-0.4, -0.2) is 33.1 Å². The normalized spacial score (nSPS) is 10.4. The fraction of sp³-hybridized carbons (Fsp3) is 0.143. The number of nitrogens with one attached hydrogen (secondary N) is 2. The Hall–Kier alpha value is -4.72. The highest BCUT2D eigenvalue weighted by atomic mass is 16.5. The third-order valence-corrected chi connectivity index (χ3v) is 5.47. The highest BCUT2D eigenvalue weighted by molar-refractivity contribution is 6.06. The first-order valence-corrected chi connectivity index (χ1v) is 11.2. The van der Waals surface area contributed by atoms with Crippen molar-refractivity contribution >= 4 is 23.2 Å². The van der Waals surface area contributed by atoms with E-state index in [4.69, 9.17) is 18.6 Å². The molecule has 0 atom stereocenters. The minimum Gasteiger partial charge on any atom is -0.496 e. The van der Waals surface area contributed by atoms with Gasteiger partial charge in [-0.15, -0.1) is 0 Å². The molecule has 2 amide bonds. The van der Waals surface area contributed by atoms with E-state index in [1.165, 1.54) is 0 Å². The molecule has 8 nitrogen and oxygen atoms in total. The lowest BCUT2D eigenvalue weighted by Gasteiger charge is -2.14.